The highest BCUT2D eigenvalue weighted by molar-refractivity contribution is 7.13. The largest absolute Gasteiger partial charge is 0.491 e. The van der Waals surface area contributed by atoms with Crippen LogP contribution in [0.4, 0.5) is 4.39 Å². The summed E-state index contributed by atoms with van der Waals surface area (Å²) in [6.07, 6.45) is 0.746. The van der Waals surface area contributed by atoms with Crippen LogP contribution in [0.3, 0.4) is 0 Å². The number of nitrogens with two attached hydrogens (primary N) is 1. The molecule has 0 radical (unpaired) electrons. The molecule has 2 N–H and O–H groups in total. The van der Waals surface area contributed by atoms with Gasteiger partial charge in [-0.2, -0.15) is 0 Å². The Morgan fingerprint density at radius 1 is 1.44 bits per heavy atom. The van der Waals surface area contributed by atoms with Crippen molar-refractivity contribution in [2.75, 3.05) is 13.2 Å². The molecule has 2 rings (SSSR count). The van der Waals surface area contributed by atoms with Crippen LogP contribution in [0, 0.1) is 5.82 Å². The lowest BCUT2D eigenvalue weighted by Gasteiger charge is -2.05. The van der Waals surface area contributed by atoms with E-state index in [1.807, 2.05) is 18.4 Å². The Balaban J connectivity index is 2.24. The molecule has 0 saturated carbocycles. The van der Waals surface area contributed by atoms with Crippen LogP contribution in [-0.2, 0) is 6.42 Å². The topological polar surface area (TPSA) is 48.1 Å². The zero-order valence-corrected chi connectivity index (χ0v) is 11.0. The van der Waals surface area contributed by atoms with Crippen molar-refractivity contribution in [2.45, 2.75) is 13.3 Å². The van der Waals surface area contributed by atoms with Crippen molar-refractivity contribution in [1.29, 1.82) is 0 Å². The van der Waals surface area contributed by atoms with Gasteiger partial charge in [0.15, 0.2) is 11.6 Å². The van der Waals surface area contributed by atoms with E-state index in [1.54, 1.807) is 6.07 Å². The lowest BCUT2D eigenvalue weighted by Crippen LogP contribution is -2.02. The molecule has 96 valence electrons. The third-order valence-corrected chi connectivity index (χ3v) is 3.37. The molecule has 0 amide bonds. The summed E-state index contributed by atoms with van der Waals surface area (Å²) in [6, 6.07) is 4.91. The number of rotatable bonds is 5. The van der Waals surface area contributed by atoms with Crippen LogP contribution in [-0.4, -0.2) is 18.1 Å². The van der Waals surface area contributed by atoms with Gasteiger partial charge in [0, 0.05) is 17.4 Å². The minimum Gasteiger partial charge on any atom is -0.491 e. The van der Waals surface area contributed by atoms with Crippen LogP contribution < -0.4 is 10.5 Å². The molecular weight excluding hydrogens is 251 g/mol. The van der Waals surface area contributed by atoms with Crippen molar-refractivity contribution >= 4 is 11.3 Å². The predicted octanol–water partition coefficient (Wildman–Crippen LogP) is 2.85. The molecule has 0 bridgehead atoms. The Bertz CT molecular complexity index is 527. The van der Waals surface area contributed by atoms with Gasteiger partial charge in [-0.05, 0) is 31.7 Å². The van der Waals surface area contributed by atoms with E-state index in [9.17, 15) is 4.39 Å². The predicted molar refractivity (Wildman–Crippen MR) is 71.4 cm³/mol. The summed E-state index contributed by atoms with van der Waals surface area (Å²) in [7, 11) is 0. The highest BCUT2D eigenvalue weighted by Gasteiger charge is 2.09. The maximum Gasteiger partial charge on any atom is 0.165 e. The third-order valence-electron chi connectivity index (χ3n) is 2.43. The summed E-state index contributed by atoms with van der Waals surface area (Å²) in [5.41, 5.74) is 7.19. The maximum absolute atomic E-state index is 13.7. The van der Waals surface area contributed by atoms with Crippen molar-refractivity contribution < 1.29 is 9.13 Å². The minimum atomic E-state index is -0.357. The number of hydrogen-bond acceptors (Lipinski definition) is 4. The minimum absolute atomic E-state index is 0.278. The van der Waals surface area contributed by atoms with E-state index in [-0.39, 0.29) is 11.6 Å². The average molecular weight is 266 g/mol. The molecule has 1 aromatic carbocycles. The SMILES string of the molecule is CCOc1ccc(-c2nc(CCN)cs2)cc1F. The molecule has 2 aromatic rings. The molecule has 0 fully saturated rings. The molecule has 0 unspecified atom stereocenters. The molecular formula is C13H15FN2OS. The molecule has 1 aromatic heterocycles. The van der Waals surface area contributed by atoms with E-state index in [1.165, 1.54) is 17.4 Å². The number of hydrogen-bond donors (Lipinski definition) is 1. The Kier molecular flexibility index (Phi) is 4.28. The molecule has 0 aliphatic heterocycles. The van der Waals surface area contributed by atoms with E-state index in [0.717, 1.165) is 22.7 Å². The van der Waals surface area contributed by atoms with E-state index in [0.29, 0.717) is 13.2 Å². The number of aromatic nitrogens is 1. The first-order valence-electron chi connectivity index (χ1n) is 5.81. The Labute approximate surface area is 109 Å². The van der Waals surface area contributed by atoms with Gasteiger partial charge in [0.25, 0.3) is 0 Å². The standard InChI is InChI=1S/C13H15FN2OS/c1-2-17-12-4-3-9(7-11(12)14)13-16-10(5-6-15)8-18-13/h3-4,7-8H,2,5-6,15H2,1H3. The van der Waals surface area contributed by atoms with Gasteiger partial charge in [-0.15, -0.1) is 11.3 Å². The smallest absolute Gasteiger partial charge is 0.165 e. The van der Waals surface area contributed by atoms with E-state index in [4.69, 9.17) is 10.5 Å². The zero-order chi connectivity index (χ0) is 13.0. The van der Waals surface area contributed by atoms with Gasteiger partial charge in [-0.25, -0.2) is 9.37 Å². The summed E-state index contributed by atoms with van der Waals surface area (Å²) in [6.45, 7) is 2.85. The van der Waals surface area contributed by atoms with Crippen molar-refractivity contribution in [3.8, 4) is 16.3 Å². The van der Waals surface area contributed by atoms with E-state index in [2.05, 4.69) is 4.98 Å². The van der Waals surface area contributed by atoms with Crippen LogP contribution in [0.5, 0.6) is 5.75 Å². The van der Waals surface area contributed by atoms with Crippen LogP contribution in [0.2, 0.25) is 0 Å². The second-order valence-corrected chi connectivity index (χ2v) is 4.62. The van der Waals surface area contributed by atoms with Gasteiger partial charge >= 0.3 is 0 Å². The van der Waals surface area contributed by atoms with E-state index >= 15 is 0 Å². The summed E-state index contributed by atoms with van der Waals surface area (Å²) < 4.78 is 18.9. The molecule has 3 nitrogen and oxygen atoms in total. The fourth-order valence-electron chi connectivity index (χ4n) is 1.61. The number of thiazole rings is 1. The Hall–Kier alpha value is -1.46. The van der Waals surface area contributed by atoms with Crippen LogP contribution >= 0.6 is 11.3 Å². The molecule has 1 heterocycles. The summed E-state index contributed by atoms with van der Waals surface area (Å²) in [5.74, 6) is -0.0788. The molecule has 18 heavy (non-hydrogen) atoms. The summed E-state index contributed by atoms with van der Waals surface area (Å²) in [5, 5.41) is 2.76. The average Bonchev–Trinajstić information content (AvgIpc) is 2.81. The highest BCUT2D eigenvalue weighted by atomic mass is 32.1. The van der Waals surface area contributed by atoms with Crippen LogP contribution in [0.1, 0.15) is 12.6 Å². The molecule has 0 aliphatic rings. The van der Waals surface area contributed by atoms with Gasteiger partial charge in [-0.1, -0.05) is 0 Å². The quantitative estimate of drug-likeness (QED) is 0.905. The molecule has 0 atom stereocenters. The fraction of sp³-hybridized carbons (Fsp3) is 0.308. The molecule has 0 saturated heterocycles. The van der Waals surface area contributed by atoms with Crippen molar-refractivity contribution in [3.63, 3.8) is 0 Å². The van der Waals surface area contributed by atoms with Gasteiger partial charge in [0.1, 0.15) is 5.01 Å². The Morgan fingerprint density at radius 2 is 2.28 bits per heavy atom. The van der Waals surface area contributed by atoms with E-state index < -0.39 is 0 Å². The summed E-state index contributed by atoms with van der Waals surface area (Å²) in [4.78, 5) is 4.42. The molecule has 0 spiro atoms. The second kappa shape index (κ2) is 5.93. The van der Waals surface area contributed by atoms with Gasteiger partial charge < -0.3 is 10.5 Å². The van der Waals surface area contributed by atoms with Crippen molar-refractivity contribution in [1.82, 2.24) is 4.98 Å². The van der Waals surface area contributed by atoms with Gasteiger partial charge in [0.2, 0.25) is 0 Å². The number of benzene rings is 1. The molecule has 0 aliphatic carbocycles. The first-order chi connectivity index (χ1) is 8.74. The van der Waals surface area contributed by atoms with Crippen LogP contribution in [0.25, 0.3) is 10.6 Å². The van der Waals surface area contributed by atoms with Gasteiger partial charge in [-0.3, -0.25) is 0 Å². The lowest BCUT2D eigenvalue weighted by molar-refractivity contribution is 0.321. The zero-order valence-electron chi connectivity index (χ0n) is 10.1. The number of ether oxygens (including phenoxy) is 1. The first kappa shape index (κ1) is 13.0. The number of nitrogens with zero attached hydrogens (tertiary/aromatic N) is 1. The fourth-order valence-corrected chi connectivity index (χ4v) is 2.46. The number of halogens is 1. The Morgan fingerprint density at radius 3 is 2.94 bits per heavy atom. The monoisotopic (exact) mass is 266 g/mol. The lowest BCUT2D eigenvalue weighted by atomic mass is 10.2. The third kappa shape index (κ3) is 2.86. The second-order valence-electron chi connectivity index (χ2n) is 3.76. The van der Waals surface area contributed by atoms with Gasteiger partial charge in [0.05, 0.1) is 12.3 Å². The molecule has 5 heteroatoms. The maximum atomic E-state index is 13.7. The first-order valence-corrected chi connectivity index (χ1v) is 6.69. The summed E-state index contributed by atoms with van der Waals surface area (Å²) >= 11 is 1.50. The normalized spacial score (nSPS) is 10.6. The highest BCUT2D eigenvalue weighted by Crippen LogP contribution is 2.28. The van der Waals surface area contributed by atoms with Crippen molar-refractivity contribution in [2.24, 2.45) is 5.73 Å². The van der Waals surface area contributed by atoms with Crippen molar-refractivity contribution in [3.05, 3.63) is 35.1 Å². The van der Waals surface area contributed by atoms with Crippen LogP contribution in [0.15, 0.2) is 23.6 Å².